The molecule has 1 saturated heterocycles. The maximum Gasteiger partial charge on any atom is 0.261 e. The van der Waals surface area contributed by atoms with Gasteiger partial charge >= 0.3 is 0 Å². The van der Waals surface area contributed by atoms with Gasteiger partial charge in [0.25, 0.3) is 5.91 Å². The van der Waals surface area contributed by atoms with Crippen LogP contribution in [0.2, 0.25) is 0 Å². The second-order valence-electron chi connectivity index (χ2n) is 4.33. The van der Waals surface area contributed by atoms with Crippen molar-refractivity contribution >= 4 is 17.2 Å². The highest BCUT2D eigenvalue weighted by molar-refractivity contribution is 7.14. The molecule has 0 atom stereocenters. The van der Waals surface area contributed by atoms with Crippen molar-refractivity contribution in [3.8, 4) is 0 Å². The fraction of sp³-hybridized carbons (Fsp3) is 0.615. The third-order valence-corrected chi connectivity index (χ3v) is 4.28. The number of nitrogens with one attached hydrogen (secondary N) is 1. The van der Waals surface area contributed by atoms with Crippen LogP contribution in [-0.2, 0) is 11.2 Å². The number of ether oxygens (including phenoxy) is 1. The minimum atomic E-state index is 0.0490. The lowest BCUT2D eigenvalue weighted by atomic mass is 10.3. The average molecular weight is 268 g/mol. The molecule has 1 aromatic rings. The van der Waals surface area contributed by atoms with Gasteiger partial charge in [0.05, 0.1) is 18.1 Å². The standard InChI is InChI=1S/C13H20N2O2S/c1-2-11-3-4-12(18-11)13(16)14-5-6-15-7-9-17-10-8-15/h3-4H,2,5-10H2,1H3,(H,14,16). The van der Waals surface area contributed by atoms with Gasteiger partial charge in [0, 0.05) is 31.1 Å². The topological polar surface area (TPSA) is 41.6 Å². The van der Waals surface area contributed by atoms with Crippen molar-refractivity contribution in [2.45, 2.75) is 13.3 Å². The second-order valence-corrected chi connectivity index (χ2v) is 5.50. The molecule has 1 amide bonds. The molecule has 4 nitrogen and oxygen atoms in total. The highest BCUT2D eigenvalue weighted by Crippen LogP contribution is 2.16. The molecule has 1 aromatic heterocycles. The smallest absolute Gasteiger partial charge is 0.261 e. The van der Waals surface area contributed by atoms with E-state index >= 15 is 0 Å². The zero-order valence-corrected chi connectivity index (χ0v) is 11.6. The van der Waals surface area contributed by atoms with E-state index in [1.54, 1.807) is 11.3 Å². The monoisotopic (exact) mass is 268 g/mol. The molecule has 0 saturated carbocycles. The second kappa shape index (κ2) is 6.87. The van der Waals surface area contributed by atoms with Gasteiger partial charge < -0.3 is 10.1 Å². The summed E-state index contributed by atoms with van der Waals surface area (Å²) in [6, 6.07) is 3.94. The summed E-state index contributed by atoms with van der Waals surface area (Å²) in [5.41, 5.74) is 0. The molecule has 0 bridgehead atoms. The molecule has 1 aliphatic heterocycles. The lowest BCUT2D eigenvalue weighted by Gasteiger charge is -2.26. The molecule has 0 radical (unpaired) electrons. The number of nitrogens with zero attached hydrogens (tertiary/aromatic N) is 1. The summed E-state index contributed by atoms with van der Waals surface area (Å²) in [7, 11) is 0. The Morgan fingerprint density at radius 1 is 1.44 bits per heavy atom. The maximum atomic E-state index is 11.9. The van der Waals surface area contributed by atoms with Crippen LogP contribution in [-0.4, -0.2) is 50.2 Å². The van der Waals surface area contributed by atoms with Gasteiger partial charge in [-0.2, -0.15) is 0 Å². The zero-order chi connectivity index (χ0) is 12.8. The predicted molar refractivity (Wildman–Crippen MR) is 73.3 cm³/mol. The Kier molecular flexibility index (Phi) is 5.16. The largest absolute Gasteiger partial charge is 0.379 e. The highest BCUT2D eigenvalue weighted by Gasteiger charge is 2.11. The summed E-state index contributed by atoms with van der Waals surface area (Å²) in [4.78, 5) is 16.3. The van der Waals surface area contributed by atoms with Gasteiger partial charge in [-0.25, -0.2) is 0 Å². The molecule has 5 heteroatoms. The number of carbonyl (C=O) groups excluding carboxylic acids is 1. The van der Waals surface area contributed by atoms with E-state index in [4.69, 9.17) is 4.74 Å². The first-order valence-electron chi connectivity index (χ1n) is 6.46. The number of hydrogen-bond acceptors (Lipinski definition) is 4. The van der Waals surface area contributed by atoms with Crippen LogP contribution in [0.15, 0.2) is 12.1 Å². The Hall–Kier alpha value is -0.910. The van der Waals surface area contributed by atoms with E-state index in [1.165, 1.54) is 4.88 Å². The van der Waals surface area contributed by atoms with E-state index in [2.05, 4.69) is 17.1 Å². The Morgan fingerprint density at radius 3 is 2.89 bits per heavy atom. The molecule has 100 valence electrons. The first kappa shape index (κ1) is 13.5. The third kappa shape index (κ3) is 3.80. The number of morpholine rings is 1. The number of hydrogen-bond donors (Lipinski definition) is 1. The molecule has 1 aliphatic rings. The fourth-order valence-corrected chi connectivity index (χ4v) is 2.79. The van der Waals surface area contributed by atoms with Gasteiger partial charge in [0.1, 0.15) is 0 Å². The van der Waals surface area contributed by atoms with E-state index in [9.17, 15) is 4.79 Å². The lowest BCUT2D eigenvalue weighted by Crippen LogP contribution is -2.41. The molecule has 2 rings (SSSR count). The molecule has 0 aromatic carbocycles. The predicted octanol–water partition coefficient (Wildman–Crippen LogP) is 1.37. The Labute approximate surface area is 112 Å². The van der Waals surface area contributed by atoms with Crippen LogP contribution < -0.4 is 5.32 Å². The summed E-state index contributed by atoms with van der Waals surface area (Å²) in [5, 5.41) is 2.97. The van der Waals surface area contributed by atoms with Crippen molar-refractivity contribution < 1.29 is 9.53 Å². The summed E-state index contributed by atoms with van der Waals surface area (Å²) >= 11 is 1.58. The lowest BCUT2D eigenvalue weighted by molar-refractivity contribution is 0.0383. The number of aryl methyl sites for hydroxylation is 1. The number of carbonyl (C=O) groups is 1. The van der Waals surface area contributed by atoms with Gasteiger partial charge in [-0.05, 0) is 18.6 Å². The van der Waals surface area contributed by atoms with Crippen molar-refractivity contribution in [1.29, 1.82) is 0 Å². The van der Waals surface area contributed by atoms with Crippen molar-refractivity contribution in [3.05, 3.63) is 21.9 Å². The van der Waals surface area contributed by atoms with Crippen LogP contribution in [0.3, 0.4) is 0 Å². The van der Waals surface area contributed by atoms with Crippen molar-refractivity contribution in [2.75, 3.05) is 39.4 Å². The molecular formula is C13H20N2O2S. The van der Waals surface area contributed by atoms with Crippen LogP contribution in [0.1, 0.15) is 21.5 Å². The summed E-state index contributed by atoms with van der Waals surface area (Å²) < 4.78 is 5.28. The average Bonchev–Trinajstić information content (AvgIpc) is 2.89. The molecule has 1 N–H and O–H groups in total. The molecule has 0 spiro atoms. The minimum absolute atomic E-state index is 0.0490. The highest BCUT2D eigenvalue weighted by atomic mass is 32.1. The zero-order valence-electron chi connectivity index (χ0n) is 10.8. The summed E-state index contributed by atoms with van der Waals surface area (Å²) in [5.74, 6) is 0.0490. The SMILES string of the molecule is CCc1ccc(C(=O)NCCN2CCOCC2)s1. The number of thiophene rings is 1. The normalized spacial score (nSPS) is 16.7. The van der Waals surface area contributed by atoms with Gasteiger partial charge in [-0.3, -0.25) is 9.69 Å². The fourth-order valence-electron chi connectivity index (χ4n) is 1.93. The Bertz CT molecular complexity index is 386. The van der Waals surface area contributed by atoms with Crippen LogP contribution in [0.5, 0.6) is 0 Å². The van der Waals surface area contributed by atoms with Gasteiger partial charge in [-0.15, -0.1) is 11.3 Å². The van der Waals surface area contributed by atoms with Gasteiger partial charge in [0.15, 0.2) is 0 Å². The van der Waals surface area contributed by atoms with Crippen LogP contribution >= 0.6 is 11.3 Å². The maximum absolute atomic E-state index is 11.9. The van der Waals surface area contributed by atoms with Crippen LogP contribution in [0.25, 0.3) is 0 Å². The first-order valence-corrected chi connectivity index (χ1v) is 7.28. The molecule has 0 unspecified atom stereocenters. The minimum Gasteiger partial charge on any atom is -0.379 e. The van der Waals surface area contributed by atoms with Crippen LogP contribution in [0.4, 0.5) is 0 Å². The van der Waals surface area contributed by atoms with E-state index in [0.717, 1.165) is 44.1 Å². The van der Waals surface area contributed by atoms with E-state index < -0.39 is 0 Å². The van der Waals surface area contributed by atoms with Crippen molar-refractivity contribution in [3.63, 3.8) is 0 Å². The summed E-state index contributed by atoms with van der Waals surface area (Å²) in [6.07, 6.45) is 0.992. The van der Waals surface area contributed by atoms with E-state index in [1.807, 2.05) is 12.1 Å². The summed E-state index contributed by atoms with van der Waals surface area (Å²) in [6.45, 7) is 7.26. The van der Waals surface area contributed by atoms with Gasteiger partial charge in [-0.1, -0.05) is 6.92 Å². The molecular weight excluding hydrogens is 248 g/mol. The number of amides is 1. The Balaban J connectivity index is 1.70. The van der Waals surface area contributed by atoms with Gasteiger partial charge in [0.2, 0.25) is 0 Å². The molecule has 2 heterocycles. The third-order valence-electron chi connectivity index (χ3n) is 3.05. The molecule has 0 aliphatic carbocycles. The van der Waals surface area contributed by atoms with E-state index in [0.29, 0.717) is 6.54 Å². The molecule has 1 fully saturated rings. The molecule has 18 heavy (non-hydrogen) atoms. The van der Waals surface area contributed by atoms with Crippen LogP contribution in [0, 0.1) is 0 Å². The van der Waals surface area contributed by atoms with Crippen molar-refractivity contribution in [2.24, 2.45) is 0 Å². The Morgan fingerprint density at radius 2 is 2.22 bits per heavy atom. The van der Waals surface area contributed by atoms with E-state index in [-0.39, 0.29) is 5.91 Å². The quantitative estimate of drug-likeness (QED) is 0.877. The first-order chi connectivity index (χ1) is 8.79. The van der Waals surface area contributed by atoms with Crippen molar-refractivity contribution in [1.82, 2.24) is 10.2 Å². The number of rotatable bonds is 5.